The molecule has 3 heterocycles. The zero-order chi connectivity index (χ0) is 21.7. The number of aromatic nitrogens is 2. The number of aliphatic hydroxyl groups is 1. The Morgan fingerprint density at radius 2 is 1.97 bits per heavy atom. The van der Waals surface area contributed by atoms with Gasteiger partial charge in [-0.05, 0) is 30.2 Å². The van der Waals surface area contributed by atoms with E-state index in [4.69, 9.17) is 4.74 Å². The number of hydrogen-bond acceptors (Lipinski definition) is 6. The van der Waals surface area contributed by atoms with Crippen molar-refractivity contribution in [2.24, 2.45) is 5.41 Å². The molecule has 8 nitrogen and oxygen atoms in total. The van der Waals surface area contributed by atoms with Crippen molar-refractivity contribution in [3.63, 3.8) is 0 Å². The second-order valence-electron chi connectivity index (χ2n) is 8.32. The van der Waals surface area contributed by atoms with Gasteiger partial charge in [0.15, 0.2) is 0 Å². The van der Waals surface area contributed by atoms with E-state index in [1.807, 2.05) is 18.2 Å². The summed E-state index contributed by atoms with van der Waals surface area (Å²) in [5, 5.41) is 13.6. The molecule has 164 valence electrons. The molecule has 1 spiro atoms. The maximum Gasteiger partial charge on any atom is 0.274 e. The summed E-state index contributed by atoms with van der Waals surface area (Å²) in [6.07, 6.45) is 6.07. The van der Waals surface area contributed by atoms with Crippen LogP contribution in [-0.4, -0.2) is 64.1 Å². The van der Waals surface area contributed by atoms with Crippen LogP contribution >= 0.6 is 0 Å². The Morgan fingerprint density at radius 3 is 2.68 bits per heavy atom. The Kier molecular flexibility index (Phi) is 6.58. The molecule has 2 aliphatic heterocycles. The van der Waals surface area contributed by atoms with Gasteiger partial charge in [0.2, 0.25) is 5.91 Å². The van der Waals surface area contributed by atoms with E-state index >= 15 is 0 Å². The van der Waals surface area contributed by atoms with Gasteiger partial charge >= 0.3 is 0 Å². The van der Waals surface area contributed by atoms with Crippen LogP contribution in [0.4, 0.5) is 0 Å². The fraction of sp³-hybridized carbons (Fsp3) is 0.478. The van der Waals surface area contributed by atoms with Gasteiger partial charge in [0.25, 0.3) is 5.91 Å². The number of piperidine rings is 1. The first-order valence-corrected chi connectivity index (χ1v) is 10.7. The standard InChI is InChI=1S/C23H28N4O4/c28-19(17-4-2-1-3-5-17)14-21(29)26-20-16-27(22(30)18-15-24-9-10-25-18)11-6-23(20)7-12-31-13-8-23/h1-5,9-10,15,19-20,28H,6-8,11-14,16H2,(H,26,29)/t19-,20?/m0/s1. The van der Waals surface area contributed by atoms with Crippen LogP contribution in [0.15, 0.2) is 48.9 Å². The molecule has 4 rings (SSSR count). The lowest BCUT2D eigenvalue weighted by molar-refractivity contribution is -0.127. The summed E-state index contributed by atoms with van der Waals surface area (Å²) in [5.74, 6) is -0.403. The van der Waals surface area contributed by atoms with Gasteiger partial charge in [0.05, 0.1) is 24.8 Å². The van der Waals surface area contributed by atoms with Gasteiger partial charge < -0.3 is 20.1 Å². The minimum atomic E-state index is -0.868. The van der Waals surface area contributed by atoms with Gasteiger partial charge in [-0.1, -0.05) is 30.3 Å². The summed E-state index contributed by atoms with van der Waals surface area (Å²) in [4.78, 5) is 35.6. The predicted molar refractivity (Wildman–Crippen MR) is 113 cm³/mol. The maximum atomic E-state index is 12.9. The summed E-state index contributed by atoms with van der Waals surface area (Å²) in [6.45, 7) is 2.31. The minimum Gasteiger partial charge on any atom is -0.388 e. The smallest absolute Gasteiger partial charge is 0.274 e. The molecule has 2 saturated heterocycles. The van der Waals surface area contributed by atoms with E-state index in [1.54, 1.807) is 17.0 Å². The predicted octanol–water partition coefficient (Wildman–Crippen LogP) is 1.73. The minimum absolute atomic E-state index is 0.0226. The Morgan fingerprint density at radius 1 is 1.19 bits per heavy atom. The monoisotopic (exact) mass is 424 g/mol. The van der Waals surface area contributed by atoms with E-state index < -0.39 is 6.10 Å². The molecule has 2 atom stereocenters. The van der Waals surface area contributed by atoms with E-state index in [2.05, 4.69) is 15.3 Å². The number of likely N-dealkylation sites (tertiary alicyclic amines) is 1. The van der Waals surface area contributed by atoms with E-state index in [0.29, 0.717) is 37.6 Å². The van der Waals surface area contributed by atoms with E-state index in [1.165, 1.54) is 18.6 Å². The second-order valence-corrected chi connectivity index (χ2v) is 8.32. The maximum absolute atomic E-state index is 12.9. The van der Waals surface area contributed by atoms with Crippen molar-refractivity contribution in [3.8, 4) is 0 Å². The van der Waals surface area contributed by atoms with Crippen molar-refractivity contribution >= 4 is 11.8 Å². The quantitative estimate of drug-likeness (QED) is 0.758. The average Bonchev–Trinajstić information content (AvgIpc) is 2.82. The SMILES string of the molecule is O=C(C[C@H](O)c1ccccc1)NC1CN(C(=O)c2cnccn2)CCC12CCOCC2. The average molecular weight is 425 g/mol. The molecule has 2 aromatic rings. The van der Waals surface area contributed by atoms with Gasteiger partial charge in [-0.3, -0.25) is 14.6 Å². The highest BCUT2D eigenvalue weighted by molar-refractivity contribution is 5.92. The van der Waals surface area contributed by atoms with Crippen LogP contribution in [0, 0.1) is 5.41 Å². The van der Waals surface area contributed by atoms with Crippen LogP contribution in [0.3, 0.4) is 0 Å². The third kappa shape index (κ3) is 4.91. The molecular formula is C23H28N4O4. The molecule has 8 heteroatoms. The van der Waals surface area contributed by atoms with Gasteiger partial charge in [-0.25, -0.2) is 4.98 Å². The van der Waals surface area contributed by atoms with E-state index in [0.717, 1.165) is 19.3 Å². The normalized spacial score (nSPS) is 21.5. The number of nitrogens with one attached hydrogen (secondary N) is 1. The third-order valence-corrected chi connectivity index (χ3v) is 6.48. The number of amides is 2. The third-order valence-electron chi connectivity index (χ3n) is 6.48. The number of hydrogen-bond donors (Lipinski definition) is 2. The summed E-state index contributed by atoms with van der Waals surface area (Å²) < 4.78 is 5.56. The molecule has 31 heavy (non-hydrogen) atoms. The summed E-state index contributed by atoms with van der Waals surface area (Å²) in [6, 6.07) is 8.95. The van der Waals surface area contributed by atoms with Crippen molar-refractivity contribution in [1.29, 1.82) is 0 Å². The van der Waals surface area contributed by atoms with Gasteiger partial charge in [0.1, 0.15) is 5.69 Å². The number of nitrogens with zero attached hydrogens (tertiary/aromatic N) is 3. The van der Waals surface area contributed by atoms with Crippen LogP contribution in [0.2, 0.25) is 0 Å². The van der Waals surface area contributed by atoms with Gasteiger partial charge in [-0.15, -0.1) is 0 Å². The Bertz CT molecular complexity index is 887. The molecule has 0 saturated carbocycles. The summed E-state index contributed by atoms with van der Waals surface area (Å²) in [5.41, 5.74) is 0.904. The van der Waals surface area contributed by atoms with Crippen molar-refractivity contribution in [3.05, 3.63) is 60.2 Å². The summed E-state index contributed by atoms with van der Waals surface area (Å²) >= 11 is 0. The molecule has 0 bridgehead atoms. The zero-order valence-corrected chi connectivity index (χ0v) is 17.4. The number of benzene rings is 1. The van der Waals surface area contributed by atoms with Gasteiger partial charge in [-0.2, -0.15) is 0 Å². The Balaban J connectivity index is 1.47. The number of ether oxygens (including phenoxy) is 1. The molecule has 1 aromatic heterocycles. The lowest BCUT2D eigenvalue weighted by Gasteiger charge is -2.50. The highest BCUT2D eigenvalue weighted by Gasteiger charge is 2.45. The molecular weight excluding hydrogens is 396 g/mol. The second kappa shape index (κ2) is 9.53. The van der Waals surface area contributed by atoms with Crippen LogP contribution < -0.4 is 5.32 Å². The van der Waals surface area contributed by atoms with Crippen LogP contribution in [0.25, 0.3) is 0 Å². The molecule has 2 fully saturated rings. The largest absolute Gasteiger partial charge is 0.388 e. The first-order chi connectivity index (χ1) is 15.1. The molecule has 2 aliphatic rings. The zero-order valence-electron chi connectivity index (χ0n) is 17.4. The fourth-order valence-corrected chi connectivity index (χ4v) is 4.59. The van der Waals surface area contributed by atoms with Gasteiger partial charge in [0, 0.05) is 38.7 Å². The van der Waals surface area contributed by atoms with Crippen LogP contribution in [0.5, 0.6) is 0 Å². The first kappa shape index (κ1) is 21.4. The first-order valence-electron chi connectivity index (χ1n) is 10.7. The molecule has 0 radical (unpaired) electrons. The van der Waals surface area contributed by atoms with Crippen molar-refractivity contribution in [1.82, 2.24) is 20.2 Å². The molecule has 1 unspecified atom stereocenters. The number of carbonyl (C=O) groups excluding carboxylic acids is 2. The van der Waals surface area contributed by atoms with Crippen LogP contribution in [0.1, 0.15) is 47.8 Å². The number of carbonyl (C=O) groups is 2. The molecule has 2 N–H and O–H groups in total. The van der Waals surface area contributed by atoms with E-state index in [-0.39, 0.29) is 29.7 Å². The van der Waals surface area contributed by atoms with E-state index in [9.17, 15) is 14.7 Å². The topological polar surface area (TPSA) is 105 Å². The van der Waals surface area contributed by atoms with Crippen LogP contribution in [-0.2, 0) is 9.53 Å². The Hall–Kier alpha value is -2.84. The Labute approximate surface area is 181 Å². The number of rotatable bonds is 5. The highest BCUT2D eigenvalue weighted by atomic mass is 16.5. The molecule has 1 aromatic carbocycles. The number of aliphatic hydroxyl groups excluding tert-OH is 1. The lowest BCUT2D eigenvalue weighted by Crippen LogP contribution is -2.61. The highest BCUT2D eigenvalue weighted by Crippen LogP contribution is 2.41. The van der Waals surface area contributed by atoms with Crippen molar-refractivity contribution in [2.75, 3.05) is 26.3 Å². The molecule has 0 aliphatic carbocycles. The lowest BCUT2D eigenvalue weighted by atomic mass is 9.69. The molecule has 2 amide bonds. The van der Waals surface area contributed by atoms with Crippen molar-refractivity contribution < 1.29 is 19.4 Å². The summed E-state index contributed by atoms with van der Waals surface area (Å²) in [7, 11) is 0. The van der Waals surface area contributed by atoms with Crippen molar-refractivity contribution in [2.45, 2.75) is 37.8 Å². The fourth-order valence-electron chi connectivity index (χ4n) is 4.59.